The first-order valence-corrected chi connectivity index (χ1v) is 9.70. The van der Waals surface area contributed by atoms with E-state index in [-0.39, 0.29) is 12.5 Å². The van der Waals surface area contributed by atoms with Gasteiger partial charge in [0.1, 0.15) is 5.00 Å². The van der Waals surface area contributed by atoms with Crippen molar-refractivity contribution in [3.8, 4) is 0 Å². The maximum atomic E-state index is 12.4. The van der Waals surface area contributed by atoms with Crippen LogP contribution in [0, 0.1) is 0 Å². The summed E-state index contributed by atoms with van der Waals surface area (Å²) in [6.45, 7) is 4.48. The van der Waals surface area contributed by atoms with Gasteiger partial charge in [0.15, 0.2) is 0 Å². The summed E-state index contributed by atoms with van der Waals surface area (Å²) in [7, 11) is 0. The molecule has 0 spiro atoms. The van der Waals surface area contributed by atoms with Gasteiger partial charge in [0.25, 0.3) is 5.91 Å². The van der Waals surface area contributed by atoms with E-state index in [0.29, 0.717) is 23.7 Å². The van der Waals surface area contributed by atoms with E-state index in [2.05, 4.69) is 15.1 Å². The topological polar surface area (TPSA) is 98.9 Å². The van der Waals surface area contributed by atoms with Crippen LogP contribution in [0.3, 0.4) is 0 Å². The number of fused-ring (bicyclic) bond motifs is 1. The van der Waals surface area contributed by atoms with Crippen LogP contribution >= 0.6 is 11.3 Å². The summed E-state index contributed by atoms with van der Waals surface area (Å²) in [5.74, 6) is -0.552. The number of piperazine rings is 1. The minimum atomic E-state index is -0.452. The van der Waals surface area contributed by atoms with E-state index in [1.807, 2.05) is 0 Å². The van der Waals surface area contributed by atoms with Gasteiger partial charge in [0.05, 0.1) is 18.7 Å². The molecule has 2 heterocycles. The highest BCUT2D eigenvalue weighted by molar-refractivity contribution is 7.17. The Hall–Kier alpha value is -1.48. The molecule has 2 aliphatic rings. The summed E-state index contributed by atoms with van der Waals surface area (Å²) in [4.78, 5) is 29.8. The van der Waals surface area contributed by atoms with Gasteiger partial charge in [0.2, 0.25) is 5.91 Å². The summed E-state index contributed by atoms with van der Waals surface area (Å²) in [6, 6.07) is 0. The fraction of sp³-hybridized carbons (Fsp3) is 0.647. The first-order chi connectivity index (χ1) is 12.1. The van der Waals surface area contributed by atoms with Crippen molar-refractivity contribution in [2.75, 3.05) is 51.2 Å². The fourth-order valence-electron chi connectivity index (χ4n) is 3.60. The van der Waals surface area contributed by atoms with Crippen molar-refractivity contribution >= 4 is 28.2 Å². The number of amides is 2. The Morgan fingerprint density at radius 1 is 1.12 bits per heavy atom. The number of nitrogens with two attached hydrogens (primary N) is 1. The maximum Gasteiger partial charge on any atom is 0.251 e. The lowest BCUT2D eigenvalue weighted by atomic mass is 9.95. The molecule has 0 bridgehead atoms. The standard InChI is InChI=1S/C17H26N4O3S/c18-16(24)15-12-3-1-2-4-13(12)25-17(15)19-14(23)11-21-7-5-20(6-8-21)9-10-22/h22H,1-11H2,(H2,18,24)(H,19,23). The van der Waals surface area contributed by atoms with E-state index < -0.39 is 5.91 Å². The average molecular weight is 366 g/mol. The van der Waals surface area contributed by atoms with E-state index in [4.69, 9.17) is 10.8 Å². The van der Waals surface area contributed by atoms with E-state index >= 15 is 0 Å². The molecule has 1 aromatic heterocycles. The van der Waals surface area contributed by atoms with Gasteiger partial charge < -0.3 is 16.2 Å². The number of carbonyl (C=O) groups is 2. The minimum absolute atomic E-state index is 0.100. The van der Waals surface area contributed by atoms with Crippen molar-refractivity contribution in [1.82, 2.24) is 9.80 Å². The van der Waals surface area contributed by atoms with Crippen molar-refractivity contribution in [3.63, 3.8) is 0 Å². The summed E-state index contributed by atoms with van der Waals surface area (Å²) >= 11 is 1.50. The lowest BCUT2D eigenvalue weighted by molar-refractivity contribution is -0.117. The normalized spacial score (nSPS) is 18.8. The molecule has 1 saturated heterocycles. The molecular weight excluding hydrogens is 340 g/mol. The molecule has 1 fully saturated rings. The molecular formula is C17H26N4O3S. The second-order valence-corrected chi connectivity index (χ2v) is 7.77. The van der Waals surface area contributed by atoms with E-state index in [0.717, 1.165) is 57.4 Å². The van der Waals surface area contributed by atoms with Crippen molar-refractivity contribution in [2.45, 2.75) is 25.7 Å². The van der Waals surface area contributed by atoms with Gasteiger partial charge in [-0.1, -0.05) is 0 Å². The van der Waals surface area contributed by atoms with Gasteiger partial charge in [-0.3, -0.25) is 19.4 Å². The summed E-state index contributed by atoms with van der Waals surface area (Å²) in [5, 5.41) is 12.5. The van der Waals surface area contributed by atoms with E-state index in [9.17, 15) is 9.59 Å². The molecule has 7 nitrogen and oxygen atoms in total. The minimum Gasteiger partial charge on any atom is -0.395 e. The smallest absolute Gasteiger partial charge is 0.251 e. The third-order valence-corrected chi connectivity index (χ3v) is 6.13. The highest BCUT2D eigenvalue weighted by Crippen LogP contribution is 2.37. The van der Waals surface area contributed by atoms with Crippen LogP contribution in [0.25, 0.3) is 0 Å². The predicted octanol–water partition coefficient (Wildman–Crippen LogP) is 0.274. The second kappa shape index (κ2) is 8.27. The van der Waals surface area contributed by atoms with Crippen LogP contribution in [0.2, 0.25) is 0 Å². The van der Waals surface area contributed by atoms with E-state index in [1.54, 1.807) is 0 Å². The number of carbonyl (C=O) groups excluding carboxylic acids is 2. The zero-order valence-corrected chi connectivity index (χ0v) is 15.2. The van der Waals surface area contributed by atoms with Gasteiger partial charge in [-0.05, 0) is 31.2 Å². The number of aliphatic hydroxyl groups excluding tert-OH is 1. The van der Waals surface area contributed by atoms with Crippen LogP contribution < -0.4 is 11.1 Å². The van der Waals surface area contributed by atoms with Crippen LogP contribution in [-0.2, 0) is 17.6 Å². The van der Waals surface area contributed by atoms with Gasteiger partial charge in [0, 0.05) is 37.6 Å². The quantitative estimate of drug-likeness (QED) is 0.671. The third kappa shape index (κ3) is 4.38. The number of primary amides is 1. The Labute approximate surface area is 151 Å². The average Bonchev–Trinajstić information content (AvgIpc) is 2.94. The number of hydrogen-bond acceptors (Lipinski definition) is 6. The van der Waals surface area contributed by atoms with E-state index in [1.165, 1.54) is 16.2 Å². The lowest BCUT2D eigenvalue weighted by Gasteiger charge is -2.33. The molecule has 2 amide bonds. The number of thiophene rings is 1. The number of anilines is 1. The number of nitrogens with zero attached hydrogens (tertiary/aromatic N) is 2. The van der Waals surface area contributed by atoms with Crippen molar-refractivity contribution < 1.29 is 14.7 Å². The molecule has 4 N–H and O–H groups in total. The first kappa shape index (κ1) is 18.3. The maximum absolute atomic E-state index is 12.4. The lowest BCUT2D eigenvalue weighted by Crippen LogP contribution is -2.49. The van der Waals surface area contributed by atoms with Crippen LogP contribution in [0.4, 0.5) is 5.00 Å². The second-order valence-electron chi connectivity index (χ2n) is 6.67. The number of nitrogens with one attached hydrogen (secondary N) is 1. The van der Waals surface area contributed by atoms with Gasteiger partial charge in [-0.2, -0.15) is 0 Å². The third-order valence-electron chi connectivity index (χ3n) is 4.92. The Morgan fingerprint density at radius 3 is 2.48 bits per heavy atom. The molecule has 1 aliphatic heterocycles. The monoisotopic (exact) mass is 366 g/mol. The molecule has 3 rings (SSSR count). The Balaban J connectivity index is 1.60. The molecule has 1 aromatic rings. The Bertz CT molecular complexity index is 638. The van der Waals surface area contributed by atoms with Crippen molar-refractivity contribution in [2.24, 2.45) is 5.73 Å². The number of aryl methyl sites for hydroxylation is 1. The molecule has 0 unspecified atom stereocenters. The van der Waals surface area contributed by atoms with Gasteiger partial charge in [-0.25, -0.2) is 0 Å². The van der Waals surface area contributed by atoms with Crippen LogP contribution in [0.1, 0.15) is 33.6 Å². The molecule has 0 aromatic carbocycles. The molecule has 1 aliphatic carbocycles. The van der Waals surface area contributed by atoms with Crippen LogP contribution in [-0.4, -0.2) is 72.6 Å². The fourth-order valence-corrected chi connectivity index (χ4v) is 4.91. The molecule has 0 atom stereocenters. The highest BCUT2D eigenvalue weighted by atomic mass is 32.1. The number of rotatable bonds is 6. The van der Waals surface area contributed by atoms with Crippen molar-refractivity contribution in [3.05, 3.63) is 16.0 Å². The molecule has 8 heteroatoms. The summed E-state index contributed by atoms with van der Waals surface area (Å²) in [5.41, 5.74) is 7.12. The Kier molecular flexibility index (Phi) is 6.06. The van der Waals surface area contributed by atoms with Crippen LogP contribution in [0.5, 0.6) is 0 Å². The zero-order chi connectivity index (χ0) is 17.8. The van der Waals surface area contributed by atoms with Gasteiger partial charge in [-0.15, -0.1) is 11.3 Å². The highest BCUT2D eigenvalue weighted by Gasteiger charge is 2.25. The molecule has 25 heavy (non-hydrogen) atoms. The summed E-state index contributed by atoms with van der Waals surface area (Å²) < 4.78 is 0. The number of β-amino-alcohol motifs (C(OH)–C–C–N with tert-alkyl or cyclic N) is 1. The largest absolute Gasteiger partial charge is 0.395 e. The predicted molar refractivity (Wildman–Crippen MR) is 98.1 cm³/mol. The number of aliphatic hydroxyl groups is 1. The SMILES string of the molecule is NC(=O)c1c(NC(=O)CN2CCN(CCO)CC2)sc2c1CCCC2. The first-order valence-electron chi connectivity index (χ1n) is 8.88. The summed E-state index contributed by atoms with van der Waals surface area (Å²) in [6.07, 6.45) is 4.02. The number of hydrogen-bond donors (Lipinski definition) is 3. The molecule has 138 valence electrons. The van der Waals surface area contributed by atoms with Crippen molar-refractivity contribution in [1.29, 1.82) is 0 Å². The van der Waals surface area contributed by atoms with Crippen LogP contribution in [0.15, 0.2) is 0 Å². The molecule has 0 saturated carbocycles. The molecule has 0 radical (unpaired) electrons. The van der Waals surface area contributed by atoms with Gasteiger partial charge >= 0.3 is 0 Å². The Morgan fingerprint density at radius 2 is 1.80 bits per heavy atom. The zero-order valence-electron chi connectivity index (χ0n) is 14.4.